The van der Waals surface area contributed by atoms with Crippen molar-refractivity contribution < 1.29 is 0 Å². The molecule has 4 heteroatoms. The molecule has 1 nitrogen and oxygen atoms in total. The van der Waals surface area contributed by atoms with Crippen LogP contribution in [-0.4, -0.2) is 0 Å². The van der Waals surface area contributed by atoms with Gasteiger partial charge in [0.05, 0.1) is 6.54 Å². The number of thiophene rings is 1. The van der Waals surface area contributed by atoms with Gasteiger partial charge in [0.1, 0.15) is 0 Å². The van der Waals surface area contributed by atoms with Crippen LogP contribution in [0.5, 0.6) is 0 Å². The van der Waals surface area contributed by atoms with Crippen molar-refractivity contribution in [3.63, 3.8) is 0 Å². The Hall–Kier alpha value is -0.320. The summed E-state index contributed by atoms with van der Waals surface area (Å²) in [4.78, 5) is 1.31. The third kappa shape index (κ3) is 2.87. The minimum atomic E-state index is 0.848. The highest BCUT2D eigenvalue weighted by Crippen LogP contribution is 2.27. The molecule has 0 radical (unpaired) electrons. The zero-order valence-corrected chi connectivity index (χ0v) is 12.7. The van der Waals surface area contributed by atoms with Crippen LogP contribution in [0.3, 0.4) is 0 Å². The molecule has 2 aromatic rings. The second-order valence-corrected chi connectivity index (χ2v) is 6.24. The molecule has 2 rings (SSSR count). The van der Waals surface area contributed by atoms with Crippen LogP contribution in [0.2, 0.25) is 0 Å². The number of rotatable bonds is 3. The number of anilines is 1. The van der Waals surface area contributed by atoms with Crippen LogP contribution >= 0.6 is 43.2 Å². The summed E-state index contributed by atoms with van der Waals surface area (Å²) in [5.74, 6) is 0. The van der Waals surface area contributed by atoms with E-state index in [4.69, 9.17) is 0 Å². The Labute approximate surface area is 116 Å². The molecule has 0 spiro atoms. The molecule has 0 aliphatic heterocycles. The van der Waals surface area contributed by atoms with Gasteiger partial charge in [0.2, 0.25) is 0 Å². The van der Waals surface area contributed by atoms with Crippen LogP contribution in [0.15, 0.2) is 38.6 Å². The van der Waals surface area contributed by atoms with Crippen LogP contribution in [0, 0.1) is 6.92 Å². The predicted octanol–water partition coefficient (Wildman–Crippen LogP) is 5.19. The van der Waals surface area contributed by atoms with E-state index >= 15 is 0 Å². The molecule has 0 amide bonds. The maximum Gasteiger partial charge on any atom is 0.0505 e. The van der Waals surface area contributed by atoms with Gasteiger partial charge in [-0.05, 0) is 67.9 Å². The summed E-state index contributed by atoms with van der Waals surface area (Å²) in [6.45, 7) is 2.94. The van der Waals surface area contributed by atoms with E-state index in [1.807, 2.05) is 0 Å². The highest BCUT2D eigenvalue weighted by Gasteiger charge is 2.03. The third-order valence-electron chi connectivity index (χ3n) is 2.25. The van der Waals surface area contributed by atoms with E-state index in [-0.39, 0.29) is 0 Å². The number of hydrogen-bond donors (Lipinski definition) is 1. The fourth-order valence-electron chi connectivity index (χ4n) is 1.40. The largest absolute Gasteiger partial charge is 0.379 e. The zero-order chi connectivity index (χ0) is 11.5. The number of aryl methyl sites for hydroxylation is 1. The molecule has 1 aromatic carbocycles. The average molecular weight is 361 g/mol. The smallest absolute Gasteiger partial charge is 0.0505 e. The van der Waals surface area contributed by atoms with Gasteiger partial charge in [-0.1, -0.05) is 6.07 Å². The molecule has 1 aromatic heterocycles. The lowest BCUT2D eigenvalue weighted by molar-refractivity contribution is 1.17. The predicted molar refractivity (Wildman–Crippen MR) is 78.2 cm³/mol. The van der Waals surface area contributed by atoms with Crippen molar-refractivity contribution in [2.45, 2.75) is 13.5 Å². The Balaban J connectivity index is 2.10. The van der Waals surface area contributed by atoms with Gasteiger partial charge in [0.25, 0.3) is 0 Å². The molecule has 1 heterocycles. The van der Waals surface area contributed by atoms with Crippen molar-refractivity contribution in [1.82, 2.24) is 0 Å². The number of nitrogens with one attached hydrogen (secondary N) is 1. The summed E-state index contributed by atoms with van der Waals surface area (Å²) in [5.41, 5.74) is 2.40. The lowest BCUT2D eigenvalue weighted by atomic mass is 10.2. The summed E-state index contributed by atoms with van der Waals surface area (Å²) in [6.07, 6.45) is 0. The maximum atomic E-state index is 3.54. The van der Waals surface area contributed by atoms with Crippen LogP contribution in [-0.2, 0) is 6.54 Å². The minimum Gasteiger partial charge on any atom is -0.379 e. The van der Waals surface area contributed by atoms with E-state index in [1.54, 1.807) is 11.3 Å². The first-order valence-electron chi connectivity index (χ1n) is 4.88. The van der Waals surface area contributed by atoms with E-state index in [0.29, 0.717) is 0 Å². The third-order valence-corrected chi connectivity index (χ3v) is 4.87. The summed E-state index contributed by atoms with van der Waals surface area (Å²) in [6, 6.07) is 8.38. The first-order chi connectivity index (χ1) is 7.66. The summed E-state index contributed by atoms with van der Waals surface area (Å²) in [7, 11) is 0. The Morgan fingerprint density at radius 3 is 2.69 bits per heavy atom. The van der Waals surface area contributed by atoms with Crippen LogP contribution in [0.4, 0.5) is 5.69 Å². The standard InChI is InChI=1S/C12H11Br2NS/c1-8-2-3-9(13)11(6-8)15-7-12-10(14)4-5-16-12/h2-6,15H,7H2,1H3. The van der Waals surface area contributed by atoms with E-state index < -0.39 is 0 Å². The fourth-order valence-corrected chi connectivity index (χ4v) is 3.22. The van der Waals surface area contributed by atoms with Crippen LogP contribution < -0.4 is 5.32 Å². The van der Waals surface area contributed by atoms with Gasteiger partial charge in [0.15, 0.2) is 0 Å². The van der Waals surface area contributed by atoms with Crippen molar-refractivity contribution in [3.05, 3.63) is 49.0 Å². The zero-order valence-electron chi connectivity index (χ0n) is 8.76. The highest BCUT2D eigenvalue weighted by molar-refractivity contribution is 9.11. The van der Waals surface area contributed by atoms with Crippen molar-refractivity contribution in [3.8, 4) is 0 Å². The average Bonchev–Trinajstić information content (AvgIpc) is 2.66. The van der Waals surface area contributed by atoms with Gasteiger partial charge in [-0.2, -0.15) is 0 Å². The molecule has 0 saturated heterocycles. The van der Waals surface area contributed by atoms with Crippen molar-refractivity contribution in [1.29, 1.82) is 0 Å². The molecule has 0 unspecified atom stereocenters. The van der Waals surface area contributed by atoms with E-state index in [1.165, 1.54) is 14.9 Å². The highest BCUT2D eigenvalue weighted by atomic mass is 79.9. The lowest BCUT2D eigenvalue weighted by Gasteiger charge is -2.08. The van der Waals surface area contributed by atoms with Gasteiger partial charge in [-0.25, -0.2) is 0 Å². The van der Waals surface area contributed by atoms with Crippen molar-refractivity contribution >= 4 is 48.9 Å². The lowest BCUT2D eigenvalue weighted by Crippen LogP contribution is -1.99. The second kappa shape index (κ2) is 5.34. The van der Waals surface area contributed by atoms with Crippen LogP contribution in [0.25, 0.3) is 0 Å². The van der Waals surface area contributed by atoms with E-state index in [0.717, 1.165) is 16.7 Å². The quantitative estimate of drug-likeness (QED) is 0.793. The van der Waals surface area contributed by atoms with Gasteiger partial charge in [-0.3, -0.25) is 0 Å². The molecular formula is C12H11Br2NS. The Kier molecular flexibility index (Phi) is 4.05. The van der Waals surface area contributed by atoms with E-state index in [2.05, 4.69) is 73.7 Å². The molecule has 0 aliphatic carbocycles. The molecule has 0 bridgehead atoms. The molecule has 0 atom stereocenters. The first kappa shape index (κ1) is 12.1. The van der Waals surface area contributed by atoms with E-state index in [9.17, 15) is 0 Å². The SMILES string of the molecule is Cc1ccc(Br)c(NCc2sccc2Br)c1. The number of hydrogen-bond acceptors (Lipinski definition) is 2. The van der Waals surface area contributed by atoms with Gasteiger partial charge in [-0.15, -0.1) is 11.3 Å². The summed E-state index contributed by atoms with van der Waals surface area (Å²) in [5, 5.41) is 5.52. The topological polar surface area (TPSA) is 12.0 Å². The molecule has 16 heavy (non-hydrogen) atoms. The minimum absolute atomic E-state index is 0.848. The molecule has 84 valence electrons. The van der Waals surface area contributed by atoms with Crippen molar-refractivity contribution in [2.24, 2.45) is 0 Å². The molecule has 0 fully saturated rings. The maximum absolute atomic E-state index is 3.54. The summed E-state index contributed by atoms with van der Waals surface area (Å²) < 4.78 is 2.28. The number of benzene rings is 1. The Bertz CT molecular complexity index is 494. The first-order valence-corrected chi connectivity index (χ1v) is 7.35. The fraction of sp³-hybridized carbons (Fsp3) is 0.167. The number of halogens is 2. The molecule has 0 aliphatic rings. The monoisotopic (exact) mass is 359 g/mol. The van der Waals surface area contributed by atoms with Gasteiger partial charge in [0, 0.05) is 19.5 Å². The van der Waals surface area contributed by atoms with Crippen molar-refractivity contribution in [2.75, 3.05) is 5.32 Å². The normalized spacial score (nSPS) is 10.4. The molecule has 0 saturated carbocycles. The van der Waals surface area contributed by atoms with Gasteiger partial charge < -0.3 is 5.32 Å². The Morgan fingerprint density at radius 2 is 2.00 bits per heavy atom. The molecular weight excluding hydrogens is 350 g/mol. The Morgan fingerprint density at radius 1 is 1.19 bits per heavy atom. The second-order valence-electron chi connectivity index (χ2n) is 3.53. The molecule has 1 N–H and O–H groups in total. The van der Waals surface area contributed by atoms with Gasteiger partial charge >= 0.3 is 0 Å². The van der Waals surface area contributed by atoms with Crippen LogP contribution in [0.1, 0.15) is 10.4 Å². The summed E-state index contributed by atoms with van der Waals surface area (Å²) >= 11 is 8.83.